The van der Waals surface area contributed by atoms with E-state index in [2.05, 4.69) is 22.2 Å². The van der Waals surface area contributed by atoms with Gasteiger partial charge in [-0.25, -0.2) is 0 Å². The molecule has 1 fully saturated rings. The molecule has 20 heavy (non-hydrogen) atoms. The maximum atomic E-state index is 11.8. The predicted molar refractivity (Wildman–Crippen MR) is 79.1 cm³/mol. The molecule has 0 aromatic carbocycles. The van der Waals surface area contributed by atoms with Crippen LogP contribution in [-0.2, 0) is 11.3 Å². The third kappa shape index (κ3) is 4.85. The summed E-state index contributed by atoms with van der Waals surface area (Å²) in [6, 6.07) is 1.69. The number of aromatic nitrogens is 2. The lowest BCUT2D eigenvalue weighted by Crippen LogP contribution is -2.38. The number of carbonyl (C=O) groups is 1. The quantitative estimate of drug-likeness (QED) is 0.804. The van der Waals surface area contributed by atoms with Crippen molar-refractivity contribution in [1.29, 1.82) is 0 Å². The molecule has 1 saturated heterocycles. The van der Waals surface area contributed by atoms with Gasteiger partial charge in [-0.2, -0.15) is 5.10 Å². The highest BCUT2D eigenvalue weighted by molar-refractivity contribution is 5.75. The Morgan fingerprint density at radius 1 is 1.45 bits per heavy atom. The fourth-order valence-corrected chi connectivity index (χ4v) is 2.60. The van der Waals surface area contributed by atoms with Gasteiger partial charge in [-0.3, -0.25) is 9.48 Å². The SMILES string of the molecule is CC(CNC(=O)Cn1ccc(N)n1)CN1CCCCC1. The second-order valence-corrected chi connectivity index (χ2v) is 5.71. The van der Waals surface area contributed by atoms with Gasteiger partial charge in [0.1, 0.15) is 12.4 Å². The highest BCUT2D eigenvalue weighted by atomic mass is 16.2. The van der Waals surface area contributed by atoms with E-state index < -0.39 is 0 Å². The van der Waals surface area contributed by atoms with Gasteiger partial charge in [-0.1, -0.05) is 13.3 Å². The number of hydrogen-bond acceptors (Lipinski definition) is 4. The van der Waals surface area contributed by atoms with Crippen molar-refractivity contribution in [1.82, 2.24) is 20.0 Å². The van der Waals surface area contributed by atoms with E-state index in [-0.39, 0.29) is 12.5 Å². The van der Waals surface area contributed by atoms with Gasteiger partial charge in [0.2, 0.25) is 5.91 Å². The van der Waals surface area contributed by atoms with E-state index in [0.717, 1.165) is 6.54 Å². The number of hydrogen-bond donors (Lipinski definition) is 2. The summed E-state index contributed by atoms with van der Waals surface area (Å²) >= 11 is 0. The Kier molecular flexibility index (Phi) is 5.40. The van der Waals surface area contributed by atoms with Crippen molar-refractivity contribution in [3.05, 3.63) is 12.3 Å². The number of likely N-dealkylation sites (tertiary alicyclic amines) is 1. The third-order valence-corrected chi connectivity index (χ3v) is 3.63. The largest absolute Gasteiger partial charge is 0.382 e. The maximum Gasteiger partial charge on any atom is 0.241 e. The minimum atomic E-state index is -0.0152. The first kappa shape index (κ1) is 14.8. The lowest BCUT2D eigenvalue weighted by molar-refractivity contribution is -0.122. The smallest absolute Gasteiger partial charge is 0.241 e. The third-order valence-electron chi connectivity index (χ3n) is 3.63. The number of rotatable bonds is 6. The van der Waals surface area contributed by atoms with E-state index in [1.54, 1.807) is 16.9 Å². The second-order valence-electron chi connectivity index (χ2n) is 5.71. The number of nitrogens with two attached hydrogens (primary N) is 1. The predicted octanol–water partition coefficient (Wildman–Crippen LogP) is 0.704. The Morgan fingerprint density at radius 3 is 2.85 bits per heavy atom. The van der Waals surface area contributed by atoms with Crippen molar-refractivity contribution in [2.75, 3.05) is 31.9 Å². The molecule has 3 N–H and O–H groups in total. The molecule has 1 aliphatic heterocycles. The van der Waals surface area contributed by atoms with E-state index in [9.17, 15) is 4.79 Å². The average molecular weight is 279 g/mol. The fourth-order valence-electron chi connectivity index (χ4n) is 2.60. The Balaban J connectivity index is 1.64. The Morgan fingerprint density at radius 2 is 2.20 bits per heavy atom. The van der Waals surface area contributed by atoms with Crippen molar-refractivity contribution in [2.45, 2.75) is 32.7 Å². The molecule has 1 aliphatic rings. The monoisotopic (exact) mass is 279 g/mol. The zero-order chi connectivity index (χ0) is 14.4. The molecule has 2 rings (SSSR count). The molecule has 1 aromatic rings. The van der Waals surface area contributed by atoms with Crippen LogP contribution >= 0.6 is 0 Å². The number of nitrogens with one attached hydrogen (secondary N) is 1. The summed E-state index contributed by atoms with van der Waals surface area (Å²) in [6.07, 6.45) is 5.68. The van der Waals surface area contributed by atoms with Crippen molar-refractivity contribution in [2.24, 2.45) is 5.92 Å². The Hall–Kier alpha value is -1.56. The van der Waals surface area contributed by atoms with Crippen LogP contribution < -0.4 is 11.1 Å². The molecule has 6 nitrogen and oxygen atoms in total. The average Bonchev–Trinajstić information content (AvgIpc) is 2.83. The van der Waals surface area contributed by atoms with Gasteiger partial charge in [0.15, 0.2) is 0 Å². The van der Waals surface area contributed by atoms with Crippen molar-refractivity contribution >= 4 is 11.7 Å². The zero-order valence-electron chi connectivity index (χ0n) is 12.2. The van der Waals surface area contributed by atoms with Gasteiger partial charge < -0.3 is 16.0 Å². The first-order chi connectivity index (χ1) is 9.63. The summed E-state index contributed by atoms with van der Waals surface area (Å²) in [5, 5.41) is 6.96. The van der Waals surface area contributed by atoms with Crippen LogP contribution in [0.3, 0.4) is 0 Å². The topological polar surface area (TPSA) is 76.2 Å². The fraction of sp³-hybridized carbons (Fsp3) is 0.714. The summed E-state index contributed by atoms with van der Waals surface area (Å²) in [7, 11) is 0. The molecular weight excluding hydrogens is 254 g/mol. The van der Waals surface area contributed by atoms with E-state index in [0.29, 0.717) is 18.3 Å². The number of nitrogens with zero attached hydrogens (tertiary/aromatic N) is 3. The molecule has 2 heterocycles. The highest BCUT2D eigenvalue weighted by Gasteiger charge is 2.14. The Bertz CT molecular complexity index is 425. The summed E-state index contributed by atoms with van der Waals surface area (Å²) in [6.45, 7) is 6.59. The molecule has 0 bridgehead atoms. The minimum Gasteiger partial charge on any atom is -0.382 e. The van der Waals surface area contributed by atoms with Crippen LogP contribution in [0.1, 0.15) is 26.2 Å². The highest BCUT2D eigenvalue weighted by Crippen LogP contribution is 2.10. The zero-order valence-corrected chi connectivity index (χ0v) is 12.2. The number of carbonyl (C=O) groups excluding carboxylic acids is 1. The molecule has 1 amide bonds. The van der Waals surface area contributed by atoms with Crippen LogP contribution in [0.15, 0.2) is 12.3 Å². The molecule has 1 aromatic heterocycles. The summed E-state index contributed by atoms with van der Waals surface area (Å²) in [5.74, 6) is 0.898. The second kappa shape index (κ2) is 7.28. The van der Waals surface area contributed by atoms with Crippen molar-refractivity contribution in [3.63, 3.8) is 0 Å². The van der Waals surface area contributed by atoms with Crippen LogP contribution in [0.2, 0.25) is 0 Å². The van der Waals surface area contributed by atoms with Crippen LogP contribution in [0.5, 0.6) is 0 Å². The van der Waals surface area contributed by atoms with E-state index in [4.69, 9.17) is 5.73 Å². The van der Waals surface area contributed by atoms with Crippen molar-refractivity contribution < 1.29 is 4.79 Å². The molecule has 112 valence electrons. The number of anilines is 1. The van der Waals surface area contributed by atoms with Crippen molar-refractivity contribution in [3.8, 4) is 0 Å². The molecular formula is C14H25N5O. The summed E-state index contributed by atoms with van der Waals surface area (Å²) < 4.78 is 1.56. The number of nitrogen functional groups attached to an aromatic ring is 1. The maximum absolute atomic E-state index is 11.8. The van der Waals surface area contributed by atoms with Crippen LogP contribution in [-0.4, -0.2) is 46.8 Å². The molecule has 1 atom stereocenters. The first-order valence-corrected chi connectivity index (χ1v) is 7.41. The molecule has 0 radical (unpaired) electrons. The van der Waals surface area contributed by atoms with Crippen LogP contribution in [0.25, 0.3) is 0 Å². The standard InChI is InChI=1S/C14H25N5O/c1-12(10-18-6-3-2-4-7-18)9-16-14(20)11-19-8-5-13(15)17-19/h5,8,12H,2-4,6-7,9-11H2,1H3,(H2,15,17)(H,16,20). The molecule has 0 aliphatic carbocycles. The molecule has 6 heteroatoms. The molecule has 0 spiro atoms. The van der Waals surface area contributed by atoms with Gasteiger partial charge in [-0.15, -0.1) is 0 Å². The number of piperidine rings is 1. The minimum absolute atomic E-state index is 0.0152. The molecule has 0 saturated carbocycles. The normalized spacial score (nSPS) is 17.9. The van der Waals surface area contributed by atoms with E-state index in [1.807, 2.05) is 0 Å². The van der Waals surface area contributed by atoms with Gasteiger partial charge in [0.05, 0.1) is 0 Å². The van der Waals surface area contributed by atoms with Gasteiger partial charge >= 0.3 is 0 Å². The summed E-state index contributed by atoms with van der Waals surface area (Å²) in [4.78, 5) is 14.3. The van der Waals surface area contributed by atoms with E-state index >= 15 is 0 Å². The van der Waals surface area contributed by atoms with Crippen LogP contribution in [0.4, 0.5) is 5.82 Å². The van der Waals surface area contributed by atoms with Crippen LogP contribution in [0, 0.1) is 5.92 Å². The van der Waals surface area contributed by atoms with Gasteiger partial charge in [-0.05, 0) is 37.9 Å². The Labute approximate surface area is 120 Å². The van der Waals surface area contributed by atoms with Gasteiger partial charge in [0, 0.05) is 19.3 Å². The first-order valence-electron chi connectivity index (χ1n) is 7.41. The lowest BCUT2D eigenvalue weighted by atomic mass is 10.1. The lowest BCUT2D eigenvalue weighted by Gasteiger charge is -2.29. The van der Waals surface area contributed by atoms with E-state index in [1.165, 1.54) is 32.4 Å². The number of amides is 1. The van der Waals surface area contributed by atoms with Gasteiger partial charge in [0.25, 0.3) is 0 Å². The summed E-state index contributed by atoms with van der Waals surface area (Å²) in [5.41, 5.74) is 5.51. The molecule has 1 unspecified atom stereocenters.